The molecule has 1 N–H and O–H groups in total. The average molecular weight is 391 g/mol. The zero-order valence-corrected chi connectivity index (χ0v) is 16.3. The van der Waals surface area contributed by atoms with Crippen molar-refractivity contribution in [2.24, 2.45) is 0 Å². The number of carbonyl (C=O) groups excluding carboxylic acids is 1. The van der Waals surface area contributed by atoms with Gasteiger partial charge in [-0.05, 0) is 42.8 Å². The number of aromatic amines is 1. The summed E-state index contributed by atoms with van der Waals surface area (Å²) in [5.74, 6) is 0.272. The van der Waals surface area contributed by atoms with Crippen molar-refractivity contribution in [3.05, 3.63) is 65.7 Å². The molecule has 0 radical (unpaired) electrons. The third kappa shape index (κ3) is 3.77. The number of rotatable bonds is 7. The van der Waals surface area contributed by atoms with Crippen molar-refractivity contribution >= 4 is 27.8 Å². The van der Waals surface area contributed by atoms with Gasteiger partial charge in [0, 0.05) is 41.4 Å². The molecule has 3 aromatic heterocycles. The highest BCUT2D eigenvalue weighted by atomic mass is 16.5. The molecule has 0 unspecified atom stereocenters. The Bertz CT molecular complexity index is 1160. The lowest BCUT2D eigenvalue weighted by Gasteiger charge is -2.10. The van der Waals surface area contributed by atoms with Crippen LogP contribution in [-0.4, -0.2) is 34.6 Å². The molecule has 1 aromatic carbocycles. The quantitative estimate of drug-likeness (QED) is 0.479. The number of benzene rings is 1. The van der Waals surface area contributed by atoms with Gasteiger partial charge in [0.15, 0.2) is 5.69 Å². The van der Waals surface area contributed by atoms with Gasteiger partial charge in [-0.25, -0.2) is 9.78 Å². The monoisotopic (exact) mass is 391 g/mol. The Labute approximate surface area is 167 Å². The molecule has 4 rings (SSSR count). The largest absolute Gasteiger partial charge is 0.489 e. The summed E-state index contributed by atoms with van der Waals surface area (Å²) in [6.45, 7) is 2.74. The summed E-state index contributed by atoms with van der Waals surface area (Å²) < 4.78 is 16.5. The molecule has 29 heavy (non-hydrogen) atoms. The Morgan fingerprint density at radius 2 is 1.93 bits per heavy atom. The molecule has 0 aliphatic carbocycles. The molecule has 7 heteroatoms. The highest BCUT2D eigenvalue weighted by Crippen LogP contribution is 2.33. The van der Waals surface area contributed by atoms with Crippen LogP contribution in [0.4, 0.5) is 0 Å². The summed E-state index contributed by atoms with van der Waals surface area (Å²) in [6.07, 6.45) is 5.13. The average Bonchev–Trinajstić information content (AvgIpc) is 3.12. The van der Waals surface area contributed by atoms with E-state index in [1.165, 1.54) is 0 Å². The standard InChI is InChI=1S/C22H21N3O4/c1-3-28-22(26)21-17(13-27-2)20-16-10-15(29-12-14-6-8-23-9-7-14)4-5-18(16)25-19(20)11-24-21/h4-11,25H,3,12-13H2,1-2H3. The summed E-state index contributed by atoms with van der Waals surface area (Å²) >= 11 is 0. The molecule has 0 saturated carbocycles. The SMILES string of the molecule is CCOC(=O)c1ncc2[nH]c3ccc(OCc4ccncc4)cc3c2c1COC. The first-order valence-electron chi connectivity index (χ1n) is 9.32. The fourth-order valence-electron chi connectivity index (χ4n) is 3.33. The Kier molecular flexibility index (Phi) is 5.39. The number of H-pyrrole nitrogens is 1. The lowest BCUT2D eigenvalue weighted by molar-refractivity contribution is 0.0514. The number of aromatic nitrogens is 3. The number of carbonyl (C=O) groups is 1. The van der Waals surface area contributed by atoms with Crippen LogP contribution < -0.4 is 4.74 Å². The van der Waals surface area contributed by atoms with Crippen LogP contribution in [-0.2, 0) is 22.7 Å². The molecular formula is C22H21N3O4. The Balaban J connectivity index is 1.78. The predicted octanol–water partition coefficient (Wildman–Crippen LogP) is 4.01. The zero-order valence-electron chi connectivity index (χ0n) is 16.3. The van der Waals surface area contributed by atoms with Gasteiger partial charge in [0.2, 0.25) is 0 Å². The predicted molar refractivity (Wildman–Crippen MR) is 109 cm³/mol. The second-order valence-corrected chi connectivity index (χ2v) is 6.50. The van der Waals surface area contributed by atoms with E-state index in [4.69, 9.17) is 14.2 Å². The Hall–Kier alpha value is -3.45. The number of hydrogen-bond acceptors (Lipinski definition) is 6. The number of pyridine rings is 2. The Morgan fingerprint density at radius 1 is 1.10 bits per heavy atom. The summed E-state index contributed by atoms with van der Waals surface area (Å²) in [7, 11) is 1.59. The number of nitrogens with one attached hydrogen (secondary N) is 1. The van der Waals surface area contributed by atoms with Crippen molar-refractivity contribution in [3.63, 3.8) is 0 Å². The van der Waals surface area contributed by atoms with E-state index in [2.05, 4.69) is 15.0 Å². The minimum Gasteiger partial charge on any atom is -0.489 e. The third-order valence-corrected chi connectivity index (χ3v) is 4.62. The van der Waals surface area contributed by atoms with Crippen LogP contribution in [0.25, 0.3) is 21.8 Å². The molecular weight excluding hydrogens is 370 g/mol. The van der Waals surface area contributed by atoms with Gasteiger partial charge in [-0.1, -0.05) is 0 Å². The molecule has 4 aromatic rings. The van der Waals surface area contributed by atoms with Gasteiger partial charge >= 0.3 is 5.97 Å². The normalized spacial score (nSPS) is 11.1. The van der Waals surface area contributed by atoms with Crippen LogP contribution in [0.1, 0.15) is 28.5 Å². The second-order valence-electron chi connectivity index (χ2n) is 6.50. The Morgan fingerprint density at radius 3 is 2.69 bits per heavy atom. The topological polar surface area (TPSA) is 86.3 Å². The summed E-state index contributed by atoms with van der Waals surface area (Å²) in [5, 5.41) is 1.82. The van der Waals surface area contributed by atoms with Gasteiger partial charge in [0.1, 0.15) is 12.4 Å². The molecule has 148 valence electrons. The molecule has 3 heterocycles. The van der Waals surface area contributed by atoms with Crippen molar-refractivity contribution in [1.29, 1.82) is 0 Å². The molecule has 0 spiro atoms. The minimum atomic E-state index is -0.458. The second kappa shape index (κ2) is 8.28. The third-order valence-electron chi connectivity index (χ3n) is 4.62. The summed E-state index contributed by atoms with van der Waals surface area (Å²) in [6, 6.07) is 9.66. The van der Waals surface area contributed by atoms with Crippen LogP contribution in [0.5, 0.6) is 5.75 Å². The van der Waals surface area contributed by atoms with Gasteiger partial charge < -0.3 is 19.2 Å². The van der Waals surface area contributed by atoms with E-state index in [-0.39, 0.29) is 18.9 Å². The molecule has 0 amide bonds. The highest BCUT2D eigenvalue weighted by molar-refractivity contribution is 6.11. The van der Waals surface area contributed by atoms with E-state index in [0.29, 0.717) is 12.2 Å². The van der Waals surface area contributed by atoms with E-state index in [9.17, 15) is 4.79 Å². The number of esters is 1. The number of methoxy groups -OCH3 is 1. The van der Waals surface area contributed by atoms with E-state index in [0.717, 1.165) is 33.1 Å². The van der Waals surface area contributed by atoms with Gasteiger partial charge in [-0.3, -0.25) is 4.98 Å². The molecule has 0 fully saturated rings. The molecule has 0 bridgehead atoms. The van der Waals surface area contributed by atoms with Crippen molar-refractivity contribution < 1.29 is 19.0 Å². The first kappa shape index (κ1) is 18.9. The van der Waals surface area contributed by atoms with Crippen molar-refractivity contribution in [2.75, 3.05) is 13.7 Å². The van der Waals surface area contributed by atoms with E-state index in [1.807, 2.05) is 30.3 Å². The number of fused-ring (bicyclic) bond motifs is 3. The van der Waals surface area contributed by atoms with Crippen molar-refractivity contribution in [3.8, 4) is 5.75 Å². The molecule has 0 atom stereocenters. The maximum atomic E-state index is 12.4. The van der Waals surface area contributed by atoms with Gasteiger partial charge in [0.05, 0.1) is 24.9 Å². The highest BCUT2D eigenvalue weighted by Gasteiger charge is 2.20. The lowest BCUT2D eigenvalue weighted by atomic mass is 10.1. The molecule has 7 nitrogen and oxygen atoms in total. The maximum absolute atomic E-state index is 12.4. The van der Waals surface area contributed by atoms with E-state index >= 15 is 0 Å². The zero-order chi connectivity index (χ0) is 20.2. The lowest BCUT2D eigenvalue weighted by Crippen LogP contribution is -2.11. The van der Waals surface area contributed by atoms with E-state index in [1.54, 1.807) is 32.6 Å². The minimum absolute atomic E-state index is 0.244. The van der Waals surface area contributed by atoms with Crippen LogP contribution in [0, 0.1) is 0 Å². The number of hydrogen-bond donors (Lipinski definition) is 1. The van der Waals surface area contributed by atoms with E-state index < -0.39 is 5.97 Å². The van der Waals surface area contributed by atoms with Crippen LogP contribution in [0.15, 0.2) is 48.9 Å². The fourth-order valence-corrected chi connectivity index (χ4v) is 3.33. The smallest absolute Gasteiger partial charge is 0.357 e. The molecule has 0 saturated heterocycles. The van der Waals surface area contributed by atoms with Gasteiger partial charge in [-0.2, -0.15) is 0 Å². The van der Waals surface area contributed by atoms with Crippen LogP contribution in [0.2, 0.25) is 0 Å². The molecule has 0 aliphatic rings. The van der Waals surface area contributed by atoms with Gasteiger partial charge in [0.25, 0.3) is 0 Å². The number of ether oxygens (including phenoxy) is 3. The first-order valence-corrected chi connectivity index (χ1v) is 9.32. The molecule has 0 aliphatic heterocycles. The van der Waals surface area contributed by atoms with Gasteiger partial charge in [-0.15, -0.1) is 0 Å². The van der Waals surface area contributed by atoms with Crippen molar-refractivity contribution in [1.82, 2.24) is 15.0 Å². The van der Waals surface area contributed by atoms with Crippen LogP contribution in [0.3, 0.4) is 0 Å². The first-order chi connectivity index (χ1) is 14.2. The number of nitrogens with zero attached hydrogens (tertiary/aromatic N) is 2. The maximum Gasteiger partial charge on any atom is 0.357 e. The summed E-state index contributed by atoms with van der Waals surface area (Å²) in [4.78, 5) is 24.1. The fraction of sp³-hybridized carbons (Fsp3) is 0.227. The summed E-state index contributed by atoms with van der Waals surface area (Å²) in [5.41, 5.74) is 3.75. The van der Waals surface area contributed by atoms with Crippen LogP contribution >= 0.6 is 0 Å². The van der Waals surface area contributed by atoms with Crippen molar-refractivity contribution in [2.45, 2.75) is 20.1 Å².